The standard InChI is InChI=1S/C16H22FN3S/c1-3-8-18-15(9-13-10-19-20(2)11-13)12-21-16-6-4-14(17)5-7-16/h4-7,10-11,15,18H,3,8-9,12H2,1-2H3. The van der Waals surface area contributed by atoms with Crippen LogP contribution in [0, 0.1) is 5.82 Å². The Kier molecular flexibility index (Phi) is 6.26. The summed E-state index contributed by atoms with van der Waals surface area (Å²) in [5.74, 6) is 0.774. The molecule has 1 heterocycles. The molecule has 1 aromatic carbocycles. The largest absolute Gasteiger partial charge is 0.313 e. The van der Waals surface area contributed by atoms with E-state index in [-0.39, 0.29) is 5.82 Å². The Labute approximate surface area is 129 Å². The van der Waals surface area contributed by atoms with Gasteiger partial charge in [0.1, 0.15) is 5.82 Å². The number of nitrogens with one attached hydrogen (secondary N) is 1. The van der Waals surface area contributed by atoms with Crippen LogP contribution < -0.4 is 5.32 Å². The van der Waals surface area contributed by atoms with Gasteiger partial charge in [-0.3, -0.25) is 4.68 Å². The molecular formula is C16H22FN3S. The van der Waals surface area contributed by atoms with Gasteiger partial charge >= 0.3 is 0 Å². The van der Waals surface area contributed by atoms with E-state index in [4.69, 9.17) is 0 Å². The summed E-state index contributed by atoms with van der Waals surface area (Å²) in [4.78, 5) is 1.10. The number of aryl methyl sites for hydroxylation is 1. The van der Waals surface area contributed by atoms with Crippen LogP contribution in [0.4, 0.5) is 4.39 Å². The summed E-state index contributed by atoms with van der Waals surface area (Å²) >= 11 is 1.76. The second-order valence-corrected chi connectivity index (χ2v) is 6.24. The fourth-order valence-electron chi connectivity index (χ4n) is 2.13. The summed E-state index contributed by atoms with van der Waals surface area (Å²) < 4.78 is 14.7. The van der Waals surface area contributed by atoms with Gasteiger partial charge in [-0.2, -0.15) is 5.10 Å². The van der Waals surface area contributed by atoms with Crippen LogP contribution in [0.5, 0.6) is 0 Å². The van der Waals surface area contributed by atoms with E-state index in [0.717, 1.165) is 30.0 Å². The van der Waals surface area contributed by atoms with Crippen molar-refractivity contribution in [1.29, 1.82) is 0 Å². The van der Waals surface area contributed by atoms with Crippen LogP contribution in [-0.4, -0.2) is 28.1 Å². The maximum Gasteiger partial charge on any atom is 0.123 e. The zero-order chi connectivity index (χ0) is 15.1. The van der Waals surface area contributed by atoms with Crippen LogP contribution in [0.15, 0.2) is 41.6 Å². The Hall–Kier alpha value is -1.33. The normalized spacial score (nSPS) is 12.5. The molecule has 0 aliphatic carbocycles. The highest BCUT2D eigenvalue weighted by atomic mass is 32.2. The molecular weight excluding hydrogens is 285 g/mol. The molecule has 0 aliphatic rings. The molecule has 1 aromatic heterocycles. The van der Waals surface area contributed by atoms with Gasteiger partial charge in [-0.15, -0.1) is 11.8 Å². The Morgan fingerprint density at radius 3 is 2.71 bits per heavy atom. The summed E-state index contributed by atoms with van der Waals surface area (Å²) in [6, 6.07) is 7.09. The smallest absolute Gasteiger partial charge is 0.123 e. The molecule has 21 heavy (non-hydrogen) atoms. The highest BCUT2D eigenvalue weighted by Crippen LogP contribution is 2.20. The first-order valence-electron chi connectivity index (χ1n) is 7.26. The quantitative estimate of drug-likeness (QED) is 0.759. The predicted octanol–water partition coefficient (Wildman–Crippen LogP) is 3.26. The summed E-state index contributed by atoms with van der Waals surface area (Å²) in [5, 5.41) is 7.80. The first-order chi connectivity index (χ1) is 10.2. The van der Waals surface area contributed by atoms with Gasteiger partial charge in [0.2, 0.25) is 0 Å². The molecule has 1 atom stereocenters. The fourth-order valence-corrected chi connectivity index (χ4v) is 3.09. The van der Waals surface area contributed by atoms with Crippen molar-refractivity contribution in [2.45, 2.75) is 30.7 Å². The summed E-state index contributed by atoms with van der Waals surface area (Å²) in [5.41, 5.74) is 1.24. The number of benzene rings is 1. The molecule has 3 nitrogen and oxygen atoms in total. The van der Waals surface area contributed by atoms with E-state index in [9.17, 15) is 4.39 Å². The van der Waals surface area contributed by atoms with E-state index in [0.29, 0.717) is 6.04 Å². The average Bonchev–Trinajstić information content (AvgIpc) is 2.89. The molecule has 0 fully saturated rings. The van der Waals surface area contributed by atoms with Crippen molar-refractivity contribution in [2.75, 3.05) is 12.3 Å². The highest BCUT2D eigenvalue weighted by Gasteiger charge is 2.11. The molecule has 0 amide bonds. The number of nitrogens with zero attached hydrogens (tertiary/aromatic N) is 2. The van der Waals surface area contributed by atoms with Gasteiger partial charge in [0.25, 0.3) is 0 Å². The van der Waals surface area contributed by atoms with E-state index in [2.05, 4.69) is 23.5 Å². The lowest BCUT2D eigenvalue weighted by Crippen LogP contribution is -2.33. The predicted molar refractivity (Wildman–Crippen MR) is 86.1 cm³/mol. The Bertz CT molecular complexity index is 539. The average molecular weight is 307 g/mol. The van der Waals surface area contributed by atoms with Gasteiger partial charge in [-0.25, -0.2) is 4.39 Å². The lowest BCUT2D eigenvalue weighted by molar-refractivity contribution is 0.550. The Morgan fingerprint density at radius 2 is 2.10 bits per heavy atom. The third-order valence-electron chi connectivity index (χ3n) is 3.19. The minimum Gasteiger partial charge on any atom is -0.313 e. The third kappa shape index (κ3) is 5.52. The summed E-state index contributed by atoms with van der Waals surface area (Å²) in [6.07, 6.45) is 6.05. The van der Waals surface area contributed by atoms with Crippen LogP contribution in [0.25, 0.3) is 0 Å². The maximum absolute atomic E-state index is 12.9. The first kappa shape index (κ1) is 16.0. The molecule has 1 N–H and O–H groups in total. The number of rotatable bonds is 8. The number of halogens is 1. The highest BCUT2D eigenvalue weighted by molar-refractivity contribution is 7.99. The van der Waals surface area contributed by atoms with Crippen molar-refractivity contribution in [3.63, 3.8) is 0 Å². The molecule has 2 aromatic rings. The minimum atomic E-state index is -0.185. The molecule has 2 rings (SSSR count). The first-order valence-corrected chi connectivity index (χ1v) is 8.25. The van der Waals surface area contributed by atoms with E-state index in [1.165, 1.54) is 17.7 Å². The molecule has 0 radical (unpaired) electrons. The maximum atomic E-state index is 12.9. The Balaban J connectivity index is 1.90. The van der Waals surface area contributed by atoms with Gasteiger partial charge in [0.15, 0.2) is 0 Å². The van der Waals surface area contributed by atoms with Gasteiger partial charge in [-0.05, 0) is 49.2 Å². The molecule has 0 aliphatic heterocycles. The van der Waals surface area contributed by atoms with Crippen LogP contribution in [0.3, 0.4) is 0 Å². The van der Waals surface area contributed by atoms with Gasteiger partial charge in [0, 0.05) is 29.9 Å². The second kappa shape index (κ2) is 8.20. The number of thioether (sulfide) groups is 1. The summed E-state index contributed by atoms with van der Waals surface area (Å²) in [7, 11) is 1.94. The lowest BCUT2D eigenvalue weighted by Gasteiger charge is -2.17. The number of hydrogen-bond acceptors (Lipinski definition) is 3. The van der Waals surface area contributed by atoms with Gasteiger partial charge < -0.3 is 5.32 Å². The van der Waals surface area contributed by atoms with E-state index in [1.807, 2.05) is 30.1 Å². The molecule has 0 saturated heterocycles. The van der Waals surface area contributed by atoms with Crippen LogP contribution in [0.1, 0.15) is 18.9 Å². The zero-order valence-electron chi connectivity index (χ0n) is 12.6. The van der Waals surface area contributed by atoms with Crippen molar-refractivity contribution in [3.8, 4) is 0 Å². The zero-order valence-corrected chi connectivity index (χ0v) is 13.4. The van der Waals surface area contributed by atoms with Crippen molar-refractivity contribution >= 4 is 11.8 Å². The van der Waals surface area contributed by atoms with Gasteiger partial charge in [-0.1, -0.05) is 6.92 Å². The van der Waals surface area contributed by atoms with Crippen LogP contribution >= 0.6 is 11.8 Å². The van der Waals surface area contributed by atoms with Crippen molar-refractivity contribution in [3.05, 3.63) is 48.0 Å². The lowest BCUT2D eigenvalue weighted by atomic mass is 10.1. The third-order valence-corrected chi connectivity index (χ3v) is 4.36. The van der Waals surface area contributed by atoms with Crippen molar-refractivity contribution in [2.24, 2.45) is 7.05 Å². The Morgan fingerprint density at radius 1 is 1.33 bits per heavy atom. The van der Waals surface area contributed by atoms with Crippen molar-refractivity contribution < 1.29 is 4.39 Å². The monoisotopic (exact) mass is 307 g/mol. The van der Waals surface area contributed by atoms with E-state index >= 15 is 0 Å². The molecule has 114 valence electrons. The summed E-state index contributed by atoms with van der Waals surface area (Å²) in [6.45, 7) is 3.18. The molecule has 1 unspecified atom stereocenters. The fraction of sp³-hybridized carbons (Fsp3) is 0.438. The van der Waals surface area contributed by atoms with Crippen LogP contribution in [0.2, 0.25) is 0 Å². The molecule has 0 spiro atoms. The van der Waals surface area contributed by atoms with E-state index < -0.39 is 0 Å². The molecule has 0 saturated carbocycles. The van der Waals surface area contributed by atoms with E-state index in [1.54, 1.807) is 11.8 Å². The van der Waals surface area contributed by atoms with Gasteiger partial charge in [0.05, 0.1) is 6.20 Å². The van der Waals surface area contributed by atoms with Crippen LogP contribution in [-0.2, 0) is 13.5 Å². The topological polar surface area (TPSA) is 29.9 Å². The molecule has 0 bridgehead atoms. The number of aromatic nitrogens is 2. The molecule has 5 heteroatoms. The number of hydrogen-bond donors (Lipinski definition) is 1. The second-order valence-electron chi connectivity index (χ2n) is 5.14. The van der Waals surface area contributed by atoms with Crippen molar-refractivity contribution in [1.82, 2.24) is 15.1 Å². The SMILES string of the molecule is CCCNC(CSc1ccc(F)cc1)Cc1cnn(C)c1. The minimum absolute atomic E-state index is 0.185.